The van der Waals surface area contributed by atoms with Crippen molar-refractivity contribution >= 4 is 11.7 Å². The molecule has 1 N–H and O–H groups in total. The van der Waals surface area contributed by atoms with E-state index < -0.39 is 0 Å². The van der Waals surface area contributed by atoms with Gasteiger partial charge in [0.25, 0.3) is 0 Å². The summed E-state index contributed by atoms with van der Waals surface area (Å²) >= 11 is 0. The van der Waals surface area contributed by atoms with Gasteiger partial charge in [-0.2, -0.15) is 0 Å². The predicted octanol–water partition coefficient (Wildman–Crippen LogP) is 3.92. The summed E-state index contributed by atoms with van der Waals surface area (Å²) in [6.07, 6.45) is 9.66. The minimum atomic E-state index is -0.164. The van der Waals surface area contributed by atoms with Gasteiger partial charge in [0.1, 0.15) is 12.1 Å². The summed E-state index contributed by atoms with van der Waals surface area (Å²) in [5.41, 5.74) is 3.09. The fourth-order valence-electron chi connectivity index (χ4n) is 7.64. The molecule has 4 aliphatic carbocycles. The normalized spacial score (nSPS) is 31.5. The van der Waals surface area contributed by atoms with Gasteiger partial charge in [0.2, 0.25) is 12.7 Å². The standard InChI is InChI=1S/C26H30N4O3/c31-25(26-9-16-6-17(10-26)8-18(7-16)11-26)29-24-20-4-5-30(13-21(20)27-14-28-24)12-19-2-1-3-22-23(19)33-15-32-22/h1-3,14,16-18H,4-13,15H2,(H,27,28,29,31). The van der Waals surface area contributed by atoms with Gasteiger partial charge in [0.15, 0.2) is 11.5 Å². The number of para-hydroxylation sites is 1. The number of rotatable bonds is 4. The molecule has 0 unspecified atom stereocenters. The molecule has 1 aromatic heterocycles. The first-order valence-corrected chi connectivity index (χ1v) is 12.4. The molecule has 1 amide bonds. The van der Waals surface area contributed by atoms with Gasteiger partial charge in [0, 0.05) is 30.8 Å². The van der Waals surface area contributed by atoms with Crippen LogP contribution in [0.1, 0.15) is 55.3 Å². The van der Waals surface area contributed by atoms with Gasteiger partial charge >= 0.3 is 0 Å². The highest BCUT2D eigenvalue weighted by atomic mass is 16.7. The summed E-state index contributed by atoms with van der Waals surface area (Å²) in [6, 6.07) is 6.06. The maximum atomic E-state index is 13.6. The Hall–Kier alpha value is -2.67. The number of carbonyl (C=O) groups excluding carboxylic acids is 1. The van der Waals surface area contributed by atoms with Crippen molar-refractivity contribution in [2.24, 2.45) is 23.2 Å². The highest BCUT2D eigenvalue weighted by Crippen LogP contribution is 2.60. The number of nitrogens with one attached hydrogen (secondary N) is 1. The number of aromatic nitrogens is 2. The summed E-state index contributed by atoms with van der Waals surface area (Å²) < 4.78 is 11.2. The molecule has 172 valence electrons. The van der Waals surface area contributed by atoms with Crippen LogP contribution < -0.4 is 14.8 Å². The van der Waals surface area contributed by atoms with Crippen LogP contribution in [0.25, 0.3) is 0 Å². The van der Waals surface area contributed by atoms with Crippen LogP contribution in [0, 0.1) is 23.2 Å². The van der Waals surface area contributed by atoms with Gasteiger partial charge in [0.05, 0.1) is 11.1 Å². The summed E-state index contributed by atoms with van der Waals surface area (Å²) in [4.78, 5) is 25.0. The Bertz CT molecular complexity index is 1080. The van der Waals surface area contributed by atoms with Crippen LogP contribution in [-0.4, -0.2) is 34.1 Å². The van der Waals surface area contributed by atoms with E-state index in [-0.39, 0.29) is 18.1 Å². The summed E-state index contributed by atoms with van der Waals surface area (Å²) in [6.45, 7) is 2.70. The lowest BCUT2D eigenvalue weighted by atomic mass is 9.49. The van der Waals surface area contributed by atoms with E-state index in [9.17, 15) is 4.79 Å². The molecule has 2 aromatic rings. The Morgan fingerprint density at radius 1 is 1.09 bits per heavy atom. The van der Waals surface area contributed by atoms with Crippen LogP contribution in [0.3, 0.4) is 0 Å². The number of benzene rings is 1. The monoisotopic (exact) mass is 446 g/mol. The maximum absolute atomic E-state index is 13.6. The van der Waals surface area contributed by atoms with Gasteiger partial charge < -0.3 is 14.8 Å². The third-order valence-electron chi connectivity index (χ3n) is 8.71. The fourth-order valence-corrected chi connectivity index (χ4v) is 7.64. The SMILES string of the molecule is O=C(Nc1ncnc2c1CCN(Cc1cccc3c1OCO3)C2)C12CC3CC(CC(C3)C1)C2. The third kappa shape index (κ3) is 3.31. The average molecular weight is 447 g/mol. The van der Waals surface area contributed by atoms with Crippen molar-refractivity contribution in [1.82, 2.24) is 14.9 Å². The van der Waals surface area contributed by atoms with Crippen molar-refractivity contribution in [3.05, 3.63) is 41.3 Å². The van der Waals surface area contributed by atoms with Crippen molar-refractivity contribution in [3.63, 3.8) is 0 Å². The van der Waals surface area contributed by atoms with Crippen molar-refractivity contribution in [2.75, 3.05) is 18.7 Å². The molecule has 0 saturated heterocycles. The van der Waals surface area contributed by atoms with Gasteiger partial charge in [-0.25, -0.2) is 9.97 Å². The molecular formula is C26H30N4O3. The predicted molar refractivity (Wildman–Crippen MR) is 122 cm³/mol. The topological polar surface area (TPSA) is 76.6 Å². The molecule has 2 aliphatic heterocycles. The van der Waals surface area contributed by atoms with E-state index in [2.05, 4.69) is 26.3 Å². The molecule has 0 atom stereocenters. The van der Waals surface area contributed by atoms with Crippen LogP contribution in [-0.2, 0) is 24.3 Å². The molecule has 4 saturated carbocycles. The first-order valence-electron chi connectivity index (χ1n) is 12.4. The molecule has 1 aromatic carbocycles. The second kappa shape index (κ2) is 7.42. The van der Waals surface area contributed by atoms with E-state index >= 15 is 0 Å². The summed E-state index contributed by atoms with van der Waals surface area (Å²) in [5, 5.41) is 3.28. The number of ether oxygens (including phenoxy) is 2. The first-order chi connectivity index (χ1) is 16.1. The smallest absolute Gasteiger partial charge is 0.231 e. The largest absolute Gasteiger partial charge is 0.454 e. The molecule has 0 spiro atoms. The minimum absolute atomic E-state index is 0.164. The molecule has 3 heterocycles. The second-order valence-electron chi connectivity index (χ2n) is 10.9. The van der Waals surface area contributed by atoms with Gasteiger partial charge in [-0.15, -0.1) is 0 Å². The number of carbonyl (C=O) groups is 1. The van der Waals surface area contributed by atoms with E-state index in [1.54, 1.807) is 6.33 Å². The number of hydrogen-bond donors (Lipinski definition) is 1. The molecule has 7 heteroatoms. The molecule has 6 aliphatic rings. The number of amides is 1. The maximum Gasteiger partial charge on any atom is 0.231 e. The van der Waals surface area contributed by atoms with Crippen LogP contribution in [0.5, 0.6) is 11.5 Å². The van der Waals surface area contributed by atoms with E-state index in [1.165, 1.54) is 19.3 Å². The van der Waals surface area contributed by atoms with Crippen molar-refractivity contribution in [2.45, 2.75) is 58.0 Å². The zero-order chi connectivity index (χ0) is 22.0. The van der Waals surface area contributed by atoms with E-state index in [0.717, 1.165) is 97.2 Å². The van der Waals surface area contributed by atoms with Crippen molar-refractivity contribution < 1.29 is 14.3 Å². The third-order valence-corrected chi connectivity index (χ3v) is 8.71. The Kier molecular flexibility index (Phi) is 4.44. The average Bonchev–Trinajstić information content (AvgIpc) is 3.28. The van der Waals surface area contributed by atoms with E-state index in [0.29, 0.717) is 0 Å². The Labute approximate surface area is 193 Å². The van der Waals surface area contributed by atoms with E-state index in [1.807, 2.05) is 12.1 Å². The van der Waals surface area contributed by atoms with Crippen LogP contribution in [0.2, 0.25) is 0 Å². The highest BCUT2D eigenvalue weighted by Gasteiger charge is 2.54. The number of nitrogens with zero attached hydrogens (tertiary/aromatic N) is 3. The second-order valence-corrected chi connectivity index (χ2v) is 10.9. The van der Waals surface area contributed by atoms with Gasteiger partial charge in [-0.05, 0) is 68.8 Å². The zero-order valence-corrected chi connectivity index (χ0v) is 18.9. The molecule has 4 fully saturated rings. The lowest BCUT2D eigenvalue weighted by Gasteiger charge is -2.55. The molecule has 7 nitrogen and oxygen atoms in total. The molecular weight excluding hydrogens is 416 g/mol. The number of fused-ring (bicyclic) bond motifs is 2. The van der Waals surface area contributed by atoms with E-state index in [4.69, 9.17) is 9.47 Å². The van der Waals surface area contributed by atoms with Crippen molar-refractivity contribution in [3.8, 4) is 11.5 Å². The van der Waals surface area contributed by atoms with Crippen molar-refractivity contribution in [1.29, 1.82) is 0 Å². The summed E-state index contributed by atoms with van der Waals surface area (Å²) in [5.74, 6) is 4.88. The van der Waals surface area contributed by atoms with Crippen LogP contribution in [0.15, 0.2) is 24.5 Å². The molecule has 33 heavy (non-hydrogen) atoms. The number of hydrogen-bond acceptors (Lipinski definition) is 6. The minimum Gasteiger partial charge on any atom is -0.454 e. The number of anilines is 1. The van der Waals surface area contributed by atoms with Crippen LogP contribution >= 0.6 is 0 Å². The quantitative estimate of drug-likeness (QED) is 0.767. The Morgan fingerprint density at radius 3 is 2.67 bits per heavy atom. The lowest BCUT2D eigenvalue weighted by Crippen LogP contribution is -2.52. The molecule has 0 radical (unpaired) electrons. The summed E-state index contributed by atoms with van der Waals surface area (Å²) in [7, 11) is 0. The van der Waals surface area contributed by atoms with Gasteiger partial charge in [-0.3, -0.25) is 9.69 Å². The Morgan fingerprint density at radius 2 is 1.88 bits per heavy atom. The zero-order valence-electron chi connectivity index (χ0n) is 18.9. The lowest BCUT2D eigenvalue weighted by molar-refractivity contribution is -0.140. The Balaban J connectivity index is 1.08. The van der Waals surface area contributed by atoms with Gasteiger partial charge in [-0.1, -0.05) is 12.1 Å². The molecule has 8 rings (SSSR count). The van der Waals surface area contributed by atoms with Crippen LogP contribution in [0.4, 0.5) is 5.82 Å². The highest BCUT2D eigenvalue weighted by molar-refractivity contribution is 5.95. The first kappa shape index (κ1) is 19.8. The fraction of sp³-hybridized carbons (Fsp3) is 0.577. The molecule has 4 bridgehead atoms.